The van der Waals surface area contributed by atoms with Gasteiger partial charge < -0.3 is 56.3 Å². The van der Waals surface area contributed by atoms with Crippen molar-refractivity contribution >= 4 is 0 Å². The lowest BCUT2D eigenvalue weighted by molar-refractivity contribution is -0.294. The van der Waals surface area contributed by atoms with Gasteiger partial charge in [-0.15, -0.1) is 0 Å². The Labute approximate surface area is 132 Å². The third-order valence-corrected chi connectivity index (χ3v) is 4.12. The van der Waals surface area contributed by atoms with Crippen molar-refractivity contribution in [3.8, 4) is 0 Å². The van der Waals surface area contributed by atoms with E-state index in [4.69, 9.17) is 30.8 Å². The van der Waals surface area contributed by atoms with Crippen molar-refractivity contribution in [1.82, 2.24) is 0 Å². The predicted molar refractivity (Wildman–Crippen MR) is 72.6 cm³/mol. The summed E-state index contributed by atoms with van der Waals surface area (Å²) in [7, 11) is 0. The quantitative estimate of drug-likeness (QED) is 0.242. The molecule has 2 saturated heterocycles. The molecule has 0 radical (unpaired) electrons. The third kappa shape index (κ3) is 3.81. The van der Waals surface area contributed by atoms with E-state index in [1.165, 1.54) is 0 Å². The monoisotopic (exact) mass is 340 g/mol. The lowest BCUT2D eigenvalue weighted by atomic mass is 9.97. The maximum absolute atomic E-state index is 9.87. The van der Waals surface area contributed by atoms with E-state index in [1.807, 2.05) is 0 Å². The van der Waals surface area contributed by atoms with Gasteiger partial charge in [-0.25, -0.2) is 0 Å². The summed E-state index contributed by atoms with van der Waals surface area (Å²) in [6.45, 7) is -0.888. The summed E-state index contributed by atoms with van der Waals surface area (Å²) < 4.78 is 15.6. The largest absolute Gasteiger partial charge is 0.394 e. The molecule has 2 rings (SSSR count). The van der Waals surface area contributed by atoms with Crippen molar-refractivity contribution in [3.05, 3.63) is 0 Å². The molecular weight excluding hydrogens is 316 g/mol. The highest BCUT2D eigenvalue weighted by atomic mass is 16.7. The fourth-order valence-corrected chi connectivity index (χ4v) is 2.55. The van der Waals surface area contributed by atoms with Gasteiger partial charge in [0, 0.05) is 0 Å². The zero-order chi connectivity index (χ0) is 17.3. The molecule has 2 aliphatic rings. The Hall–Kier alpha value is -0.440. The summed E-state index contributed by atoms with van der Waals surface area (Å²) >= 11 is 0. The van der Waals surface area contributed by atoms with Crippen LogP contribution in [0.25, 0.3) is 0 Å². The number of nitrogens with two attached hydrogens (primary N) is 2. The van der Waals surface area contributed by atoms with Crippen LogP contribution in [0.1, 0.15) is 0 Å². The van der Waals surface area contributed by atoms with Gasteiger partial charge in [0.25, 0.3) is 0 Å². The average Bonchev–Trinajstić information content (AvgIpc) is 2.54. The first-order chi connectivity index (χ1) is 10.8. The number of hydrogen-bond donors (Lipinski definition) is 8. The average molecular weight is 340 g/mol. The van der Waals surface area contributed by atoms with E-state index in [1.54, 1.807) is 0 Å². The van der Waals surface area contributed by atoms with Gasteiger partial charge in [0.2, 0.25) is 0 Å². The van der Waals surface area contributed by atoms with Crippen LogP contribution in [-0.2, 0) is 14.2 Å². The lowest BCUT2D eigenvalue weighted by Crippen LogP contribution is -2.64. The summed E-state index contributed by atoms with van der Waals surface area (Å²) in [6.07, 6.45) is -10.4. The van der Waals surface area contributed by atoms with E-state index < -0.39 is 67.9 Å². The van der Waals surface area contributed by atoms with Crippen LogP contribution in [0.3, 0.4) is 0 Å². The van der Waals surface area contributed by atoms with Gasteiger partial charge in [0.1, 0.15) is 36.6 Å². The SMILES string of the molecule is N[C@H]1[C@@H](OC[C@H]2OC(O)[C@H](N)[C@@H](O)[C@@H]2O)O[C@H](CO)[C@@H](O)[C@@H]1O. The molecule has 2 fully saturated rings. The van der Waals surface area contributed by atoms with Gasteiger partial charge in [-0.2, -0.15) is 0 Å². The zero-order valence-electron chi connectivity index (χ0n) is 12.3. The molecule has 23 heavy (non-hydrogen) atoms. The van der Waals surface area contributed by atoms with E-state index in [0.717, 1.165) is 0 Å². The van der Waals surface area contributed by atoms with Crippen LogP contribution < -0.4 is 11.5 Å². The molecule has 0 aromatic heterocycles. The second kappa shape index (κ2) is 7.63. The molecule has 11 nitrogen and oxygen atoms in total. The molecule has 10 N–H and O–H groups in total. The van der Waals surface area contributed by atoms with Crippen molar-refractivity contribution in [2.75, 3.05) is 13.2 Å². The van der Waals surface area contributed by atoms with Crippen LogP contribution >= 0.6 is 0 Å². The Bertz CT molecular complexity index is 388. The highest BCUT2D eigenvalue weighted by Gasteiger charge is 2.45. The minimum Gasteiger partial charge on any atom is -0.394 e. The molecule has 0 aliphatic carbocycles. The Balaban J connectivity index is 1.94. The minimum absolute atomic E-state index is 0.332. The molecule has 0 spiro atoms. The molecule has 11 heteroatoms. The van der Waals surface area contributed by atoms with Gasteiger partial charge in [0.05, 0.1) is 25.3 Å². The Kier molecular flexibility index (Phi) is 6.27. The van der Waals surface area contributed by atoms with Gasteiger partial charge in [0.15, 0.2) is 12.6 Å². The molecule has 1 unspecified atom stereocenters. The van der Waals surface area contributed by atoms with Crippen molar-refractivity contribution in [2.45, 2.75) is 61.3 Å². The first-order valence-corrected chi connectivity index (χ1v) is 7.22. The standard InChI is InChI=1S/C12H24N2O9/c13-5-9(18)8(17)4(22-11(5)20)2-21-12-6(14)10(19)7(16)3(1-15)23-12/h3-12,15-20H,1-2,13-14H2/t3-,4-,5-,6-,7-,8-,9-,10-,11?,12+/m1/s1. The Morgan fingerprint density at radius 2 is 1.35 bits per heavy atom. The molecule has 0 aromatic carbocycles. The second-order valence-electron chi connectivity index (χ2n) is 5.74. The normalized spacial score (nSPS) is 51.7. The van der Waals surface area contributed by atoms with Gasteiger partial charge >= 0.3 is 0 Å². The van der Waals surface area contributed by atoms with Crippen LogP contribution in [0.5, 0.6) is 0 Å². The highest BCUT2D eigenvalue weighted by molar-refractivity contribution is 4.93. The van der Waals surface area contributed by atoms with E-state index in [9.17, 15) is 25.5 Å². The van der Waals surface area contributed by atoms with Crippen molar-refractivity contribution in [1.29, 1.82) is 0 Å². The third-order valence-electron chi connectivity index (χ3n) is 4.12. The van der Waals surface area contributed by atoms with Crippen LogP contribution in [0.15, 0.2) is 0 Å². The van der Waals surface area contributed by atoms with E-state index >= 15 is 0 Å². The van der Waals surface area contributed by atoms with Crippen molar-refractivity contribution < 1.29 is 44.8 Å². The smallest absolute Gasteiger partial charge is 0.175 e. The van der Waals surface area contributed by atoms with E-state index in [0.29, 0.717) is 0 Å². The number of hydrogen-bond acceptors (Lipinski definition) is 11. The summed E-state index contributed by atoms with van der Waals surface area (Å²) in [5, 5.41) is 57.7. The van der Waals surface area contributed by atoms with Gasteiger partial charge in [-0.1, -0.05) is 0 Å². The summed E-state index contributed by atoms with van der Waals surface area (Å²) in [6, 6.07) is -2.27. The van der Waals surface area contributed by atoms with Crippen molar-refractivity contribution in [2.24, 2.45) is 11.5 Å². The molecule has 2 aliphatic heterocycles. The molecule has 0 aromatic rings. The molecule has 10 atom stereocenters. The first kappa shape index (κ1) is 18.9. The number of aliphatic hydroxyl groups is 6. The van der Waals surface area contributed by atoms with Crippen LogP contribution in [0.4, 0.5) is 0 Å². The number of rotatable bonds is 4. The molecule has 136 valence electrons. The predicted octanol–water partition coefficient (Wildman–Crippen LogP) is -5.46. The Morgan fingerprint density at radius 3 is 1.96 bits per heavy atom. The fourth-order valence-electron chi connectivity index (χ4n) is 2.55. The summed E-state index contributed by atoms with van der Waals surface area (Å²) in [5.74, 6) is 0. The molecule has 0 amide bonds. The number of aliphatic hydroxyl groups excluding tert-OH is 6. The summed E-state index contributed by atoms with van der Waals surface area (Å²) in [5.41, 5.74) is 11.1. The summed E-state index contributed by atoms with van der Waals surface area (Å²) in [4.78, 5) is 0. The maximum Gasteiger partial charge on any atom is 0.175 e. The van der Waals surface area contributed by atoms with Crippen LogP contribution in [0.2, 0.25) is 0 Å². The van der Waals surface area contributed by atoms with E-state index in [2.05, 4.69) is 0 Å². The zero-order valence-corrected chi connectivity index (χ0v) is 12.3. The second-order valence-corrected chi connectivity index (χ2v) is 5.74. The Morgan fingerprint density at radius 1 is 0.783 bits per heavy atom. The van der Waals surface area contributed by atoms with Crippen molar-refractivity contribution in [3.63, 3.8) is 0 Å². The number of ether oxygens (including phenoxy) is 3. The lowest BCUT2D eigenvalue weighted by Gasteiger charge is -2.42. The van der Waals surface area contributed by atoms with Crippen LogP contribution in [0, 0.1) is 0 Å². The first-order valence-electron chi connectivity index (χ1n) is 7.22. The molecule has 0 saturated carbocycles. The highest BCUT2D eigenvalue weighted by Crippen LogP contribution is 2.23. The molecular formula is C12H24N2O9. The van der Waals surface area contributed by atoms with Gasteiger partial charge in [-0.05, 0) is 0 Å². The topological polar surface area (TPSA) is 201 Å². The maximum atomic E-state index is 9.87. The minimum atomic E-state index is -1.49. The van der Waals surface area contributed by atoms with E-state index in [-0.39, 0.29) is 6.61 Å². The van der Waals surface area contributed by atoms with Crippen LogP contribution in [-0.4, -0.2) is 105 Å². The molecule has 0 bridgehead atoms. The molecule has 2 heterocycles. The van der Waals surface area contributed by atoms with Gasteiger partial charge in [-0.3, -0.25) is 0 Å². The fraction of sp³-hybridized carbons (Fsp3) is 1.00.